The first-order chi connectivity index (χ1) is 17.4. The van der Waals surface area contributed by atoms with E-state index in [2.05, 4.69) is 20.4 Å². The molecule has 9 heteroatoms. The second-order valence-corrected chi connectivity index (χ2v) is 8.56. The van der Waals surface area contributed by atoms with Gasteiger partial charge in [-0.3, -0.25) is 23.7 Å². The third-order valence-electron chi connectivity index (χ3n) is 5.84. The van der Waals surface area contributed by atoms with E-state index in [0.29, 0.717) is 49.0 Å². The number of hydrogen-bond donors (Lipinski definition) is 2. The lowest BCUT2D eigenvalue weighted by Crippen LogP contribution is -2.49. The smallest absolute Gasteiger partial charge is 0.305 e. The van der Waals surface area contributed by atoms with Crippen LogP contribution < -0.4 is 16.2 Å². The third kappa shape index (κ3) is 7.49. The van der Waals surface area contributed by atoms with Crippen LogP contribution in [0.15, 0.2) is 59.4 Å². The highest BCUT2D eigenvalue weighted by Gasteiger charge is 2.22. The summed E-state index contributed by atoms with van der Waals surface area (Å²) in [4.78, 5) is 54.2. The van der Waals surface area contributed by atoms with Crippen molar-refractivity contribution in [1.82, 2.24) is 20.2 Å². The van der Waals surface area contributed by atoms with Gasteiger partial charge in [0.15, 0.2) is 0 Å². The number of rotatable bonds is 12. The molecule has 0 aliphatic rings. The van der Waals surface area contributed by atoms with Crippen LogP contribution >= 0.6 is 0 Å². The van der Waals surface area contributed by atoms with Crippen molar-refractivity contribution in [2.24, 2.45) is 0 Å². The molecule has 0 bridgehead atoms. The lowest BCUT2D eigenvalue weighted by atomic mass is 10.0. The van der Waals surface area contributed by atoms with Gasteiger partial charge in [-0.1, -0.05) is 48.9 Å². The van der Waals surface area contributed by atoms with Crippen molar-refractivity contribution in [1.29, 1.82) is 0 Å². The molecule has 1 atom stereocenters. The normalized spacial score (nSPS) is 11.6. The van der Waals surface area contributed by atoms with Crippen LogP contribution in [-0.4, -0.2) is 47.0 Å². The predicted octanol–water partition coefficient (Wildman–Crippen LogP) is 2.28. The van der Waals surface area contributed by atoms with Gasteiger partial charge in [0.1, 0.15) is 18.3 Å². The van der Waals surface area contributed by atoms with Gasteiger partial charge in [0.25, 0.3) is 5.56 Å². The minimum absolute atomic E-state index is 0.227. The topological polar surface area (TPSA) is 119 Å². The monoisotopic (exact) mass is 492 g/mol. The molecular weight excluding hydrogens is 460 g/mol. The number of methoxy groups -OCH3 is 1. The number of ether oxygens (including phenoxy) is 1. The molecule has 0 radical (unpaired) electrons. The maximum atomic E-state index is 13.0. The second kappa shape index (κ2) is 13.2. The summed E-state index contributed by atoms with van der Waals surface area (Å²) in [6.45, 7) is 1.81. The number of para-hydroxylation sites is 2. The quantitative estimate of drug-likeness (QED) is 0.296. The zero-order valence-electron chi connectivity index (χ0n) is 20.7. The van der Waals surface area contributed by atoms with E-state index >= 15 is 0 Å². The Kier molecular flexibility index (Phi) is 9.73. The summed E-state index contributed by atoms with van der Waals surface area (Å²) < 4.78 is 6.01. The molecule has 190 valence electrons. The van der Waals surface area contributed by atoms with E-state index in [0.717, 1.165) is 12.0 Å². The number of amides is 2. The highest BCUT2D eigenvalue weighted by atomic mass is 16.5. The number of aryl methyl sites for hydroxylation is 1. The van der Waals surface area contributed by atoms with Gasteiger partial charge in [0, 0.05) is 19.4 Å². The molecule has 36 heavy (non-hydrogen) atoms. The van der Waals surface area contributed by atoms with Gasteiger partial charge in [0.2, 0.25) is 11.8 Å². The summed E-state index contributed by atoms with van der Waals surface area (Å²) >= 11 is 0. The molecule has 1 aromatic heterocycles. The number of fused-ring (bicyclic) bond motifs is 1. The zero-order valence-corrected chi connectivity index (χ0v) is 20.7. The Morgan fingerprint density at radius 1 is 1.00 bits per heavy atom. The summed E-state index contributed by atoms with van der Waals surface area (Å²) in [6, 6.07) is 15.7. The first-order valence-corrected chi connectivity index (χ1v) is 12.0. The van der Waals surface area contributed by atoms with Crippen LogP contribution in [0.1, 0.15) is 36.9 Å². The molecule has 3 aromatic rings. The van der Waals surface area contributed by atoms with Crippen molar-refractivity contribution >= 4 is 28.8 Å². The molecule has 0 aliphatic heterocycles. The Labute approximate surface area is 209 Å². The summed E-state index contributed by atoms with van der Waals surface area (Å²) in [7, 11) is 1.36. The Balaban J connectivity index is 1.66. The summed E-state index contributed by atoms with van der Waals surface area (Å²) in [5, 5.41) is 5.68. The molecule has 0 unspecified atom stereocenters. The van der Waals surface area contributed by atoms with Crippen LogP contribution in [0.25, 0.3) is 11.0 Å². The van der Waals surface area contributed by atoms with Gasteiger partial charge in [-0.2, -0.15) is 0 Å². The molecule has 0 spiro atoms. The number of carbonyl (C=O) groups is 3. The fraction of sp³-hybridized carbons (Fsp3) is 0.370. The van der Waals surface area contributed by atoms with Gasteiger partial charge < -0.3 is 15.4 Å². The van der Waals surface area contributed by atoms with Crippen molar-refractivity contribution in [2.75, 3.05) is 13.7 Å². The van der Waals surface area contributed by atoms with Gasteiger partial charge in [-0.15, -0.1) is 0 Å². The molecular formula is C27H32N4O5. The fourth-order valence-corrected chi connectivity index (χ4v) is 3.93. The van der Waals surface area contributed by atoms with Crippen LogP contribution in [0, 0.1) is 6.92 Å². The molecule has 9 nitrogen and oxygen atoms in total. The number of esters is 1. The van der Waals surface area contributed by atoms with Crippen molar-refractivity contribution < 1.29 is 19.1 Å². The molecule has 0 saturated heterocycles. The lowest BCUT2D eigenvalue weighted by Gasteiger charge is -2.19. The van der Waals surface area contributed by atoms with Gasteiger partial charge >= 0.3 is 5.97 Å². The number of nitrogens with one attached hydrogen (secondary N) is 2. The Hall–Kier alpha value is -4.01. The molecule has 0 aliphatic carbocycles. The van der Waals surface area contributed by atoms with E-state index < -0.39 is 11.9 Å². The van der Waals surface area contributed by atoms with Crippen molar-refractivity contribution in [3.8, 4) is 0 Å². The Morgan fingerprint density at radius 3 is 2.47 bits per heavy atom. The minimum atomic E-state index is -0.806. The van der Waals surface area contributed by atoms with Crippen LogP contribution in [0.4, 0.5) is 0 Å². The summed E-state index contributed by atoms with van der Waals surface area (Å²) in [5.74, 6) is -0.994. The largest absolute Gasteiger partial charge is 0.469 e. The zero-order chi connectivity index (χ0) is 25.9. The molecule has 2 aromatic carbocycles. The number of benzene rings is 2. The molecule has 1 heterocycles. The van der Waals surface area contributed by atoms with Gasteiger partial charge in [-0.05, 0) is 37.5 Å². The predicted molar refractivity (Wildman–Crippen MR) is 136 cm³/mol. The second-order valence-electron chi connectivity index (χ2n) is 8.56. The maximum Gasteiger partial charge on any atom is 0.305 e. The van der Waals surface area contributed by atoms with Gasteiger partial charge in [-0.25, -0.2) is 4.98 Å². The van der Waals surface area contributed by atoms with Crippen LogP contribution in [-0.2, 0) is 32.1 Å². The molecule has 0 fully saturated rings. The Morgan fingerprint density at radius 2 is 1.72 bits per heavy atom. The van der Waals surface area contributed by atoms with E-state index in [1.165, 1.54) is 11.7 Å². The molecule has 0 saturated carbocycles. The fourth-order valence-electron chi connectivity index (χ4n) is 3.93. The first kappa shape index (κ1) is 26.6. The van der Waals surface area contributed by atoms with Crippen LogP contribution in [0.5, 0.6) is 0 Å². The van der Waals surface area contributed by atoms with Crippen LogP contribution in [0.2, 0.25) is 0 Å². The minimum Gasteiger partial charge on any atom is -0.469 e. The molecule has 2 amide bonds. The van der Waals surface area contributed by atoms with E-state index in [1.54, 1.807) is 25.1 Å². The lowest BCUT2D eigenvalue weighted by molar-refractivity contribution is -0.140. The van der Waals surface area contributed by atoms with E-state index in [4.69, 9.17) is 0 Å². The van der Waals surface area contributed by atoms with E-state index in [9.17, 15) is 19.2 Å². The third-order valence-corrected chi connectivity index (χ3v) is 5.84. The SMILES string of the molecule is COC(=O)CCCCCNC(=O)[C@H](Cc1ccccc1)NC(=O)Cn1c(=O)c(C)nc2ccccc21. The Bertz CT molecular complexity index is 1260. The van der Waals surface area contributed by atoms with Crippen molar-refractivity contribution in [3.63, 3.8) is 0 Å². The highest BCUT2D eigenvalue weighted by molar-refractivity contribution is 5.88. The first-order valence-electron chi connectivity index (χ1n) is 12.0. The highest BCUT2D eigenvalue weighted by Crippen LogP contribution is 2.10. The summed E-state index contributed by atoms with van der Waals surface area (Å²) in [6.07, 6.45) is 2.81. The van der Waals surface area contributed by atoms with Crippen LogP contribution in [0.3, 0.4) is 0 Å². The molecule has 3 rings (SSSR count). The van der Waals surface area contributed by atoms with Gasteiger partial charge in [0.05, 0.1) is 18.1 Å². The average molecular weight is 493 g/mol. The summed E-state index contributed by atoms with van der Waals surface area (Å²) in [5.41, 5.74) is 2.03. The van der Waals surface area contributed by atoms with Crippen molar-refractivity contribution in [2.45, 2.75) is 51.6 Å². The van der Waals surface area contributed by atoms with E-state index in [1.807, 2.05) is 36.4 Å². The number of aromatic nitrogens is 2. The number of nitrogens with zero attached hydrogens (tertiary/aromatic N) is 2. The van der Waals surface area contributed by atoms with Crippen molar-refractivity contribution in [3.05, 3.63) is 76.2 Å². The standard InChI is InChI=1S/C27H32N4O5/c1-19-27(35)31(23-14-9-8-13-21(23)29-19)18-24(32)30-22(17-20-11-5-3-6-12-20)26(34)28-16-10-4-7-15-25(33)36-2/h3,5-6,8-9,11-14,22H,4,7,10,15-18H2,1-2H3,(H,28,34)(H,30,32)/t22-/m0/s1. The average Bonchev–Trinajstić information content (AvgIpc) is 2.88. The number of hydrogen-bond acceptors (Lipinski definition) is 6. The van der Waals surface area contributed by atoms with E-state index in [-0.39, 0.29) is 24.0 Å². The number of carbonyl (C=O) groups excluding carboxylic acids is 3. The maximum absolute atomic E-state index is 13.0. The number of unbranched alkanes of at least 4 members (excludes halogenated alkanes) is 2. The molecule has 2 N–H and O–H groups in total.